The molecule has 4 rings (SSSR count). The molecule has 0 aliphatic carbocycles. The van der Waals surface area contributed by atoms with Gasteiger partial charge in [0.2, 0.25) is 0 Å². The van der Waals surface area contributed by atoms with Crippen LogP contribution in [0, 0.1) is 5.41 Å². The number of rotatable bonds is 3. The molecular weight excluding hydrogens is 368 g/mol. The summed E-state index contributed by atoms with van der Waals surface area (Å²) in [6.07, 6.45) is 4.43. The molecule has 156 valence electrons. The van der Waals surface area contributed by atoms with E-state index in [1.165, 1.54) is 19.3 Å². The molecule has 29 heavy (non-hydrogen) atoms. The Balaban J connectivity index is 1.52. The molecule has 3 N–H and O–H groups in total. The monoisotopic (exact) mass is 398 g/mol. The van der Waals surface area contributed by atoms with Crippen LogP contribution < -0.4 is 15.5 Å². The first-order valence-electron chi connectivity index (χ1n) is 10.5. The lowest BCUT2D eigenvalue weighted by atomic mass is 9.72. The number of benzene rings is 1. The lowest BCUT2D eigenvalue weighted by Crippen LogP contribution is -2.61. The largest absolute Gasteiger partial charge is 0.511 e. The number of carbonyl (C=O) groups excluding carboxylic acids is 2. The standard InChI is InChI=1S/C22H30N4O3/c1-22-14-25(2)13-10-17(22)24-21(29)18(19(22)27)20(28)23-15-6-8-16(9-7-15)26-11-4-3-5-12-26/h6-9,17,27H,3-5,10-14H2,1-2H3,(H,23,28)(H,24,29). The number of nitrogens with zero attached hydrogens (tertiary/aromatic N) is 2. The third-order valence-corrected chi connectivity index (χ3v) is 6.55. The van der Waals surface area contributed by atoms with E-state index in [0.717, 1.165) is 31.7 Å². The highest BCUT2D eigenvalue weighted by Gasteiger charge is 2.49. The van der Waals surface area contributed by atoms with Gasteiger partial charge in [-0.1, -0.05) is 0 Å². The van der Waals surface area contributed by atoms with E-state index in [1.807, 2.05) is 38.2 Å². The molecule has 0 bridgehead atoms. The van der Waals surface area contributed by atoms with Crippen LogP contribution in [0.2, 0.25) is 0 Å². The number of likely N-dealkylation sites (tertiary alicyclic amines) is 1. The van der Waals surface area contributed by atoms with Gasteiger partial charge >= 0.3 is 0 Å². The first-order valence-corrected chi connectivity index (χ1v) is 10.5. The molecule has 2 saturated heterocycles. The number of hydrogen-bond donors (Lipinski definition) is 3. The third-order valence-electron chi connectivity index (χ3n) is 6.55. The maximum atomic E-state index is 12.9. The van der Waals surface area contributed by atoms with Crippen molar-refractivity contribution < 1.29 is 14.7 Å². The van der Waals surface area contributed by atoms with Gasteiger partial charge in [0.25, 0.3) is 11.8 Å². The van der Waals surface area contributed by atoms with Crippen LogP contribution in [0.25, 0.3) is 0 Å². The molecule has 0 radical (unpaired) electrons. The van der Waals surface area contributed by atoms with Gasteiger partial charge in [0.15, 0.2) is 0 Å². The fraction of sp³-hybridized carbons (Fsp3) is 0.545. The molecule has 2 atom stereocenters. The van der Waals surface area contributed by atoms with Gasteiger partial charge in [0, 0.05) is 37.1 Å². The van der Waals surface area contributed by atoms with Crippen LogP contribution in [0.1, 0.15) is 32.6 Å². The van der Waals surface area contributed by atoms with Gasteiger partial charge in [0.05, 0.1) is 5.41 Å². The second-order valence-electron chi connectivity index (χ2n) is 8.74. The number of anilines is 2. The van der Waals surface area contributed by atoms with Gasteiger partial charge < -0.3 is 25.5 Å². The number of nitrogens with one attached hydrogen (secondary N) is 2. The van der Waals surface area contributed by atoms with Crippen LogP contribution in [0.5, 0.6) is 0 Å². The maximum Gasteiger partial charge on any atom is 0.264 e. The number of amides is 2. The molecule has 7 nitrogen and oxygen atoms in total. The van der Waals surface area contributed by atoms with E-state index in [-0.39, 0.29) is 17.4 Å². The smallest absolute Gasteiger partial charge is 0.264 e. The minimum Gasteiger partial charge on any atom is -0.511 e. The summed E-state index contributed by atoms with van der Waals surface area (Å²) in [5, 5.41) is 16.6. The predicted molar refractivity (Wildman–Crippen MR) is 113 cm³/mol. The van der Waals surface area contributed by atoms with Crippen LogP contribution in [-0.4, -0.2) is 61.1 Å². The zero-order valence-corrected chi connectivity index (χ0v) is 17.2. The number of carbonyl (C=O) groups is 2. The quantitative estimate of drug-likeness (QED) is 0.680. The van der Waals surface area contributed by atoms with Gasteiger partial charge in [-0.2, -0.15) is 0 Å². The average Bonchev–Trinajstić information content (AvgIpc) is 2.71. The number of fused-ring (bicyclic) bond motifs is 1. The summed E-state index contributed by atoms with van der Waals surface area (Å²) in [4.78, 5) is 29.9. The molecule has 7 heteroatoms. The lowest BCUT2D eigenvalue weighted by molar-refractivity contribution is -0.125. The topological polar surface area (TPSA) is 84.9 Å². The fourth-order valence-corrected chi connectivity index (χ4v) is 4.82. The van der Waals surface area contributed by atoms with Crippen molar-refractivity contribution in [3.8, 4) is 0 Å². The van der Waals surface area contributed by atoms with Gasteiger partial charge in [-0.3, -0.25) is 9.59 Å². The summed E-state index contributed by atoms with van der Waals surface area (Å²) in [7, 11) is 1.98. The molecule has 2 unspecified atom stereocenters. The zero-order valence-electron chi connectivity index (χ0n) is 17.2. The Kier molecular flexibility index (Phi) is 5.25. The highest BCUT2D eigenvalue weighted by molar-refractivity contribution is 6.23. The van der Waals surface area contributed by atoms with E-state index in [1.54, 1.807) is 0 Å². The number of aliphatic hydroxyl groups is 1. The number of hydrogen-bond acceptors (Lipinski definition) is 5. The minimum atomic E-state index is -0.661. The summed E-state index contributed by atoms with van der Waals surface area (Å²) >= 11 is 0. The number of aliphatic hydroxyl groups excluding tert-OH is 1. The summed E-state index contributed by atoms with van der Waals surface area (Å²) in [5.74, 6) is -1.18. The second-order valence-corrected chi connectivity index (χ2v) is 8.74. The van der Waals surface area contributed by atoms with Crippen molar-refractivity contribution in [1.82, 2.24) is 10.2 Å². The van der Waals surface area contributed by atoms with E-state index in [0.29, 0.717) is 12.2 Å². The van der Waals surface area contributed by atoms with Gasteiger partial charge in [-0.25, -0.2) is 0 Å². The van der Waals surface area contributed by atoms with Crippen molar-refractivity contribution in [1.29, 1.82) is 0 Å². The van der Waals surface area contributed by atoms with Crippen molar-refractivity contribution in [2.45, 2.75) is 38.6 Å². The molecule has 0 spiro atoms. The normalized spacial score (nSPS) is 28.0. The Bertz CT molecular complexity index is 829. The zero-order chi connectivity index (χ0) is 20.6. The van der Waals surface area contributed by atoms with Crippen molar-refractivity contribution in [2.75, 3.05) is 43.4 Å². The maximum absolute atomic E-state index is 12.9. The molecule has 3 heterocycles. The fourth-order valence-electron chi connectivity index (χ4n) is 4.82. The van der Waals surface area contributed by atoms with Crippen molar-refractivity contribution in [3.05, 3.63) is 35.6 Å². The second kappa shape index (κ2) is 7.71. The predicted octanol–water partition coefficient (Wildman–Crippen LogP) is 2.27. The van der Waals surface area contributed by atoms with Crippen LogP contribution in [-0.2, 0) is 9.59 Å². The Morgan fingerprint density at radius 2 is 1.86 bits per heavy atom. The first kappa shape index (κ1) is 19.8. The molecule has 2 fully saturated rings. The van der Waals surface area contributed by atoms with Gasteiger partial charge in [-0.05, 0) is 70.5 Å². The Morgan fingerprint density at radius 1 is 1.17 bits per heavy atom. The van der Waals surface area contributed by atoms with E-state index < -0.39 is 17.2 Å². The molecule has 0 aromatic heterocycles. The Labute approximate surface area is 171 Å². The SMILES string of the molecule is CN1CCC2NC(=O)C(C(=O)Nc3ccc(N4CCCCC4)cc3)=C(O)C2(C)C1. The van der Waals surface area contributed by atoms with Crippen molar-refractivity contribution in [2.24, 2.45) is 5.41 Å². The first-order chi connectivity index (χ1) is 13.9. The third kappa shape index (κ3) is 3.71. The summed E-state index contributed by atoms with van der Waals surface area (Å²) < 4.78 is 0. The lowest BCUT2D eigenvalue weighted by Gasteiger charge is -2.47. The molecule has 3 aliphatic rings. The Morgan fingerprint density at radius 3 is 2.55 bits per heavy atom. The van der Waals surface area contributed by atoms with Crippen LogP contribution in [0.3, 0.4) is 0 Å². The van der Waals surface area contributed by atoms with Crippen LogP contribution in [0.4, 0.5) is 11.4 Å². The average molecular weight is 399 g/mol. The number of piperidine rings is 2. The van der Waals surface area contributed by atoms with Gasteiger partial charge in [0.1, 0.15) is 11.3 Å². The van der Waals surface area contributed by atoms with E-state index in [2.05, 4.69) is 20.4 Å². The van der Waals surface area contributed by atoms with Crippen molar-refractivity contribution in [3.63, 3.8) is 0 Å². The molecule has 1 aromatic carbocycles. The van der Waals surface area contributed by atoms with Crippen LogP contribution in [0.15, 0.2) is 35.6 Å². The molecule has 1 aromatic rings. The van der Waals surface area contributed by atoms with E-state index in [9.17, 15) is 14.7 Å². The summed E-state index contributed by atoms with van der Waals surface area (Å²) in [6.45, 7) is 5.45. The van der Waals surface area contributed by atoms with Crippen LogP contribution >= 0.6 is 0 Å². The summed E-state index contributed by atoms with van der Waals surface area (Å²) in [6, 6.07) is 7.51. The van der Waals surface area contributed by atoms with E-state index >= 15 is 0 Å². The highest BCUT2D eigenvalue weighted by Crippen LogP contribution is 2.40. The molecular formula is C22H30N4O3. The van der Waals surface area contributed by atoms with Crippen molar-refractivity contribution >= 4 is 23.2 Å². The summed E-state index contributed by atoms with van der Waals surface area (Å²) in [5.41, 5.74) is 0.905. The molecule has 3 aliphatic heterocycles. The van der Waals surface area contributed by atoms with E-state index in [4.69, 9.17) is 0 Å². The van der Waals surface area contributed by atoms with Gasteiger partial charge in [-0.15, -0.1) is 0 Å². The minimum absolute atomic E-state index is 0.111. The highest BCUT2D eigenvalue weighted by atomic mass is 16.3. The Hall–Kier alpha value is -2.54. The molecule has 0 saturated carbocycles. The molecule has 2 amide bonds.